The molecule has 54 heavy (non-hydrogen) atoms. The van der Waals surface area contributed by atoms with Crippen molar-refractivity contribution in [1.82, 2.24) is 0 Å². The van der Waals surface area contributed by atoms with Crippen molar-refractivity contribution in [3.05, 3.63) is 77.1 Å². The molecule has 0 fully saturated rings. The Morgan fingerprint density at radius 3 is 1.11 bits per heavy atom. The van der Waals surface area contributed by atoms with Gasteiger partial charge in [0.15, 0.2) is 0 Å². The number of nitrogens with zero attached hydrogens (tertiary/aromatic N) is 2. The highest BCUT2D eigenvalue weighted by molar-refractivity contribution is 6.30. The largest absolute Gasteiger partial charge is 0.460 e. The van der Waals surface area contributed by atoms with E-state index in [-0.39, 0.29) is 36.2 Å². The third-order valence-electron chi connectivity index (χ3n) is 6.97. The van der Waals surface area contributed by atoms with Crippen molar-refractivity contribution in [2.75, 3.05) is 9.80 Å². The van der Waals surface area contributed by atoms with E-state index in [0.29, 0.717) is 4.90 Å². The van der Waals surface area contributed by atoms with Crippen LogP contribution < -0.4 is 15.5 Å². The van der Waals surface area contributed by atoms with Gasteiger partial charge in [-0.15, -0.1) is 0 Å². The van der Waals surface area contributed by atoms with E-state index in [9.17, 15) is 92.2 Å². The Bertz CT molecular complexity index is 1620. The summed E-state index contributed by atoms with van der Waals surface area (Å²) in [5, 5.41) is -0.160. The summed E-state index contributed by atoms with van der Waals surface area (Å²) in [5.41, 5.74) is -0.876. The number of halogens is 24. The van der Waals surface area contributed by atoms with Crippen molar-refractivity contribution < 1.29 is 101 Å². The quantitative estimate of drug-likeness (QED) is 0.147. The van der Waals surface area contributed by atoms with Crippen molar-refractivity contribution in [2.24, 2.45) is 5.73 Å². The predicted molar refractivity (Wildman–Crippen MR) is 141 cm³/mol. The lowest BCUT2D eigenvalue weighted by molar-refractivity contribution is -0.390. The predicted octanol–water partition coefficient (Wildman–Crippen LogP) is 12.1. The second-order valence-electron chi connectivity index (χ2n) is 10.6. The molecule has 0 unspecified atom stereocenters. The Morgan fingerprint density at radius 2 is 0.796 bits per heavy atom. The number of nitrogens with two attached hydrogens (primary N) is 1. The maximum absolute atomic E-state index is 15.1. The van der Waals surface area contributed by atoms with E-state index >= 15 is 8.78 Å². The van der Waals surface area contributed by atoms with E-state index in [0.717, 1.165) is 24.3 Å². The zero-order valence-corrected chi connectivity index (χ0v) is 26.1. The first-order chi connectivity index (χ1) is 23.8. The van der Waals surface area contributed by atoms with Crippen molar-refractivity contribution in [3.63, 3.8) is 0 Å². The monoisotopic (exact) mass is 853 g/mol. The standard InChI is InChI=1S/C27H15ClF23N3/c1-12(18(29,30)19(31,32)20(33,34)23(37,38)39)2-11-17(52)53(14-5-3-13(28)4-6-14)15-7-9-16(10-8-15)54(21(35,24(40,41)42)25(43,44)45)22(36,26(46,47)48)27(49,50)51/h2-11H,52H2,1H3/b12-2+,17-11+. The molecule has 2 rings (SSSR count). The normalized spacial score (nSPS) is 15.4. The van der Waals surface area contributed by atoms with Crippen LogP contribution in [0.5, 0.6) is 0 Å². The molecule has 3 nitrogen and oxygen atoms in total. The SMILES string of the molecule is C/C(=C\C=C(/N)N(c1ccc(Cl)cc1)c1ccc(N(C(F)(C(F)(F)F)C(F)(F)F)C(F)(C(F)(F)F)C(F)(F)F)cc1)C(F)(F)C(F)(F)C(F)(F)C(F)(F)F. The molecule has 2 aromatic carbocycles. The minimum absolute atomic E-state index is 0.0274. The summed E-state index contributed by atoms with van der Waals surface area (Å²) in [7, 11) is 0. The molecule has 0 aromatic heterocycles. The molecule has 0 atom stereocenters. The highest BCUT2D eigenvalue weighted by Crippen LogP contribution is 2.60. The fourth-order valence-electron chi connectivity index (χ4n) is 4.20. The van der Waals surface area contributed by atoms with E-state index in [2.05, 4.69) is 0 Å². The zero-order valence-electron chi connectivity index (χ0n) is 25.3. The van der Waals surface area contributed by atoms with E-state index in [1.54, 1.807) is 0 Å². The molecule has 0 saturated heterocycles. The first kappa shape index (κ1) is 46.2. The highest BCUT2D eigenvalue weighted by Gasteiger charge is 2.87. The summed E-state index contributed by atoms with van der Waals surface area (Å²) in [6.45, 7) is -0.116. The van der Waals surface area contributed by atoms with Crippen LogP contribution >= 0.6 is 11.6 Å². The Morgan fingerprint density at radius 1 is 0.481 bits per heavy atom. The maximum Gasteiger partial charge on any atom is 0.460 e. The van der Waals surface area contributed by atoms with Gasteiger partial charge in [0, 0.05) is 27.7 Å². The van der Waals surface area contributed by atoms with Crippen molar-refractivity contribution in [3.8, 4) is 0 Å². The number of alkyl halides is 23. The first-order valence-corrected chi connectivity index (χ1v) is 13.6. The molecule has 0 bridgehead atoms. The Balaban J connectivity index is 2.95. The van der Waals surface area contributed by atoms with Crippen molar-refractivity contribution in [1.29, 1.82) is 0 Å². The molecule has 0 saturated carbocycles. The van der Waals surface area contributed by atoms with Gasteiger partial charge in [0.05, 0.1) is 0 Å². The van der Waals surface area contributed by atoms with E-state index < -0.39 is 106 Å². The van der Waals surface area contributed by atoms with Gasteiger partial charge in [-0.3, -0.25) is 9.80 Å². The summed E-state index contributed by atoms with van der Waals surface area (Å²) in [6.07, 6.45) is -38.8. The number of rotatable bonds is 10. The fraction of sp³-hybridized carbons (Fsp3) is 0.407. The van der Waals surface area contributed by atoms with Crippen LogP contribution in [-0.2, 0) is 0 Å². The Labute approximate surface area is 290 Å². The van der Waals surface area contributed by atoms with Gasteiger partial charge < -0.3 is 5.73 Å². The topological polar surface area (TPSA) is 32.5 Å². The maximum atomic E-state index is 15.1. The molecule has 2 N–H and O–H groups in total. The lowest BCUT2D eigenvalue weighted by Gasteiger charge is -2.48. The number of anilines is 3. The van der Waals surface area contributed by atoms with Crippen LogP contribution in [0.1, 0.15) is 6.92 Å². The molecule has 0 aliphatic rings. The first-order valence-electron chi connectivity index (χ1n) is 13.2. The van der Waals surface area contributed by atoms with Gasteiger partial charge in [-0.25, -0.2) is 0 Å². The summed E-state index contributed by atoms with van der Waals surface area (Å²) < 4.78 is 313. The van der Waals surface area contributed by atoms with Gasteiger partial charge in [-0.1, -0.05) is 17.7 Å². The second kappa shape index (κ2) is 13.9. The number of benzene rings is 2. The van der Waals surface area contributed by atoms with Crippen LogP contribution in [0.15, 0.2) is 72.1 Å². The zero-order chi connectivity index (χ0) is 42.7. The molecule has 2 aromatic rings. The van der Waals surface area contributed by atoms with Crippen LogP contribution in [0.3, 0.4) is 0 Å². The van der Waals surface area contributed by atoms with E-state index in [1.165, 1.54) is 0 Å². The molecular formula is C27H15ClF23N3. The highest BCUT2D eigenvalue weighted by atomic mass is 35.5. The Kier molecular flexibility index (Phi) is 11.9. The van der Waals surface area contributed by atoms with Crippen LogP contribution in [0.2, 0.25) is 5.02 Å². The third-order valence-corrected chi connectivity index (χ3v) is 7.22. The lowest BCUT2D eigenvalue weighted by atomic mass is 9.97. The Hall–Kier alpha value is -4.00. The summed E-state index contributed by atoms with van der Waals surface area (Å²) >= 11 is 5.68. The molecule has 0 heterocycles. The van der Waals surface area contributed by atoms with Gasteiger partial charge in [0.1, 0.15) is 5.82 Å². The second-order valence-corrected chi connectivity index (χ2v) is 11.0. The molecule has 0 amide bonds. The fourth-order valence-corrected chi connectivity index (χ4v) is 4.32. The van der Waals surface area contributed by atoms with Crippen LogP contribution in [0, 0.1) is 0 Å². The van der Waals surface area contributed by atoms with Crippen LogP contribution in [0.25, 0.3) is 0 Å². The summed E-state index contributed by atoms with van der Waals surface area (Å²) in [6, 6.07) is 2.28. The molecule has 0 spiro atoms. The van der Waals surface area contributed by atoms with E-state index in [1.807, 2.05) is 0 Å². The summed E-state index contributed by atoms with van der Waals surface area (Å²) in [5.74, 6) is -37.7. The number of allylic oxidation sites excluding steroid dienone is 3. The molecular weight excluding hydrogens is 839 g/mol. The average molecular weight is 854 g/mol. The summed E-state index contributed by atoms with van der Waals surface area (Å²) in [4.78, 5) is -3.03. The molecule has 0 aliphatic heterocycles. The molecule has 27 heteroatoms. The lowest BCUT2D eigenvalue weighted by Crippen LogP contribution is -2.77. The van der Waals surface area contributed by atoms with E-state index in [4.69, 9.17) is 17.3 Å². The molecule has 0 radical (unpaired) electrons. The van der Waals surface area contributed by atoms with Gasteiger partial charge in [-0.05, 0) is 61.5 Å². The minimum atomic E-state index is -7.81. The molecule has 306 valence electrons. The van der Waals surface area contributed by atoms with Crippen molar-refractivity contribution in [2.45, 2.75) is 67.2 Å². The van der Waals surface area contributed by atoms with Crippen LogP contribution in [0.4, 0.5) is 118 Å². The van der Waals surface area contributed by atoms with Crippen LogP contribution in [-0.4, -0.2) is 60.2 Å². The van der Waals surface area contributed by atoms with Crippen molar-refractivity contribution >= 4 is 28.7 Å². The average Bonchev–Trinajstić information content (AvgIpc) is 2.98. The number of hydrogen-bond donors (Lipinski definition) is 1. The minimum Gasteiger partial charge on any atom is -0.385 e. The van der Waals surface area contributed by atoms with Gasteiger partial charge in [-0.2, -0.15) is 101 Å². The van der Waals surface area contributed by atoms with Gasteiger partial charge in [0.25, 0.3) is 0 Å². The third kappa shape index (κ3) is 7.62. The number of hydrogen-bond acceptors (Lipinski definition) is 3. The van der Waals surface area contributed by atoms with Gasteiger partial charge >= 0.3 is 60.2 Å². The van der Waals surface area contributed by atoms with Gasteiger partial charge in [0.2, 0.25) is 0 Å². The smallest absolute Gasteiger partial charge is 0.385 e. The molecule has 0 aliphatic carbocycles.